The van der Waals surface area contributed by atoms with E-state index in [0.29, 0.717) is 0 Å². The lowest BCUT2D eigenvalue weighted by Crippen LogP contribution is -2.25. The van der Waals surface area contributed by atoms with Crippen molar-refractivity contribution in [2.24, 2.45) is 0 Å². The fraction of sp³-hybridized carbons (Fsp3) is 0.0175. The van der Waals surface area contributed by atoms with Crippen molar-refractivity contribution in [3.63, 3.8) is 0 Å². The molecule has 0 unspecified atom stereocenters. The molecule has 2 heterocycles. The molecule has 2 aromatic heterocycles. The Labute approximate surface area is 347 Å². The molecule has 3 heteroatoms. The molecule has 11 aromatic rings. The normalized spacial score (nSPS) is 13.1. The van der Waals surface area contributed by atoms with Gasteiger partial charge in [-0.15, -0.1) is 0 Å². The Bertz CT molecular complexity index is 3500. The second-order valence-electron chi connectivity index (χ2n) is 16.0. The van der Waals surface area contributed by atoms with Crippen LogP contribution in [0, 0.1) is 0 Å². The van der Waals surface area contributed by atoms with Gasteiger partial charge in [-0.1, -0.05) is 176 Å². The zero-order valence-corrected chi connectivity index (χ0v) is 32.5. The highest BCUT2D eigenvalue weighted by molar-refractivity contribution is 6.19. The molecule has 2 aliphatic carbocycles. The second-order valence-corrected chi connectivity index (χ2v) is 16.0. The van der Waals surface area contributed by atoms with Crippen molar-refractivity contribution in [2.45, 2.75) is 5.41 Å². The number of pyridine rings is 1. The molecular formula is C57H35N3. The topological polar surface area (TPSA) is 30.7 Å². The van der Waals surface area contributed by atoms with Gasteiger partial charge in [-0.2, -0.15) is 0 Å². The van der Waals surface area contributed by atoms with Crippen LogP contribution < -0.4 is 0 Å². The van der Waals surface area contributed by atoms with Gasteiger partial charge in [0.05, 0.1) is 27.7 Å². The molecule has 9 aromatic carbocycles. The highest BCUT2D eigenvalue weighted by atomic mass is 15.1. The lowest BCUT2D eigenvalue weighted by molar-refractivity contribution is 0.794. The molecule has 0 bridgehead atoms. The first-order valence-corrected chi connectivity index (χ1v) is 20.7. The first-order chi connectivity index (χ1) is 29.8. The molecule has 0 atom stereocenters. The third kappa shape index (κ3) is 4.49. The molecule has 60 heavy (non-hydrogen) atoms. The third-order valence-corrected chi connectivity index (χ3v) is 13.0. The van der Waals surface area contributed by atoms with E-state index in [2.05, 4.69) is 217 Å². The number of fused-ring (bicyclic) bond motifs is 15. The Hall–Kier alpha value is -7.88. The van der Waals surface area contributed by atoms with Crippen LogP contribution in [0.25, 0.3) is 94.4 Å². The molecule has 0 radical (unpaired) electrons. The predicted molar refractivity (Wildman–Crippen MR) is 246 cm³/mol. The number of hydrogen-bond donors (Lipinski definition) is 0. The van der Waals surface area contributed by atoms with Crippen LogP contribution in [-0.4, -0.2) is 14.5 Å². The minimum atomic E-state index is -0.430. The Morgan fingerprint density at radius 1 is 0.367 bits per heavy atom. The van der Waals surface area contributed by atoms with Crippen LogP contribution in [0.5, 0.6) is 0 Å². The van der Waals surface area contributed by atoms with Crippen LogP contribution in [0.1, 0.15) is 22.3 Å². The van der Waals surface area contributed by atoms with Gasteiger partial charge in [0.1, 0.15) is 5.82 Å². The van der Waals surface area contributed by atoms with Crippen LogP contribution in [0.3, 0.4) is 0 Å². The highest BCUT2D eigenvalue weighted by Crippen LogP contribution is 2.64. The van der Waals surface area contributed by atoms with Crippen molar-refractivity contribution >= 4 is 32.7 Å². The average molecular weight is 762 g/mol. The van der Waals surface area contributed by atoms with E-state index in [-0.39, 0.29) is 0 Å². The molecule has 0 fully saturated rings. The van der Waals surface area contributed by atoms with E-state index in [1.54, 1.807) is 0 Å². The monoisotopic (exact) mass is 761 g/mol. The summed E-state index contributed by atoms with van der Waals surface area (Å²) in [6, 6.07) is 77.1. The number of para-hydroxylation sites is 4. The summed E-state index contributed by atoms with van der Waals surface area (Å²) in [7, 11) is 0. The largest absolute Gasteiger partial charge is 0.292 e. The summed E-state index contributed by atoms with van der Waals surface area (Å²) < 4.78 is 2.25. The predicted octanol–water partition coefficient (Wildman–Crippen LogP) is 14.1. The molecule has 13 rings (SSSR count). The fourth-order valence-corrected chi connectivity index (χ4v) is 10.6. The lowest BCUT2D eigenvalue weighted by atomic mass is 9.70. The summed E-state index contributed by atoms with van der Waals surface area (Å²) in [4.78, 5) is 10.7. The minimum Gasteiger partial charge on any atom is -0.292 e. The molecule has 278 valence electrons. The molecule has 0 saturated carbocycles. The minimum absolute atomic E-state index is 0.430. The first-order valence-electron chi connectivity index (χ1n) is 20.7. The molecule has 0 saturated heterocycles. The van der Waals surface area contributed by atoms with Gasteiger partial charge >= 0.3 is 0 Å². The number of imidazole rings is 1. The maximum Gasteiger partial charge on any atom is 0.145 e. The van der Waals surface area contributed by atoms with Crippen LogP contribution in [0.4, 0.5) is 0 Å². The van der Waals surface area contributed by atoms with Gasteiger partial charge < -0.3 is 0 Å². The number of benzene rings is 9. The van der Waals surface area contributed by atoms with Gasteiger partial charge in [-0.05, 0) is 97.4 Å². The number of aromatic nitrogens is 3. The molecule has 1 spiro atoms. The van der Waals surface area contributed by atoms with Crippen molar-refractivity contribution in [3.8, 4) is 61.7 Å². The Morgan fingerprint density at radius 3 is 1.73 bits per heavy atom. The molecule has 0 amide bonds. The quantitative estimate of drug-likeness (QED) is 0.167. The smallest absolute Gasteiger partial charge is 0.145 e. The van der Waals surface area contributed by atoms with Gasteiger partial charge in [-0.3, -0.25) is 4.57 Å². The van der Waals surface area contributed by atoms with E-state index in [1.165, 1.54) is 55.3 Å². The van der Waals surface area contributed by atoms with Gasteiger partial charge in [-0.25, -0.2) is 9.97 Å². The third-order valence-electron chi connectivity index (χ3n) is 13.0. The summed E-state index contributed by atoms with van der Waals surface area (Å²) in [5.74, 6) is 0.925. The van der Waals surface area contributed by atoms with Gasteiger partial charge in [0.25, 0.3) is 0 Å². The molecule has 0 N–H and O–H groups in total. The highest BCUT2D eigenvalue weighted by Gasteiger charge is 2.52. The van der Waals surface area contributed by atoms with Crippen LogP contribution in [-0.2, 0) is 5.41 Å². The molecular weight excluding hydrogens is 727 g/mol. The van der Waals surface area contributed by atoms with E-state index in [4.69, 9.17) is 9.97 Å². The summed E-state index contributed by atoms with van der Waals surface area (Å²) in [6.45, 7) is 0. The SMILES string of the molecule is c1ccc(-n2c(-c3ccc(-c4cccc(-c5nc6ccccc6c6ccc7c(c56)-c5ccccc5C75c6ccccc6-c6ccccc65)c4)cc3)nc3ccccc32)cc1. The van der Waals surface area contributed by atoms with E-state index < -0.39 is 5.41 Å². The summed E-state index contributed by atoms with van der Waals surface area (Å²) in [5.41, 5.74) is 19.7. The average Bonchev–Trinajstić information content (AvgIpc) is 3.96. The summed E-state index contributed by atoms with van der Waals surface area (Å²) in [5, 5.41) is 3.58. The first kappa shape index (κ1) is 33.1. The van der Waals surface area contributed by atoms with Crippen molar-refractivity contribution < 1.29 is 0 Å². The molecule has 0 aliphatic heterocycles. The lowest BCUT2D eigenvalue weighted by Gasteiger charge is -2.30. The Morgan fingerprint density at radius 2 is 0.967 bits per heavy atom. The standard InChI is InChI=1S/C57H35N3/c1-2-17-40(18-3-1)60-52-28-13-12-27-51(52)59-56(60)37-31-29-36(30-32-37)38-15-14-16-39(35-38)55-54-44(43-21-7-11-26-50(43)58-55)33-34-49-53(54)45-22-6-10-25-48(45)57(49)46-23-8-4-19-41(46)42-20-5-9-24-47(42)57/h1-35H. The Kier molecular flexibility index (Phi) is 6.93. The maximum absolute atomic E-state index is 5.56. The molecule has 2 aliphatic rings. The van der Waals surface area contributed by atoms with Gasteiger partial charge in [0.15, 0.2) is 0 Å². The summed E-state index contributed by atoms with van der Waals surface area (Å²) >= 11 is 0. The van der Waals surface area contributed by atoms with Crippen LogP contribution >= 0.6 is 0 Å². The number of nitrogens with zero attached hydrogens (tertiary/aromatic N) is 3. The molecule has 3 nitrogen and oxygen atoms in total. The second kappa shape index (κ2) is 12.6. The number of rotatable bonds is 4. The van der Waals surface area contributed by atoms with Crippen molar-refractivity contribution in [1.82, 2.24) is 14.5 Å². The van der Waals surface area contributed by atoms with Gasteiger partial charge in [0, 0.05) is 27.6 Å². The summed E-state index contributed by atoms with van der Waals surface area (Å²) in [6.07, 6.45) is 0. The Balaban J connectivity index is 1.01. The van der Waals surface area contributed by atoms with E-state index in [1.807, 2.05) is 0 Å². The van der Waals surface area contributed by atoms with Crippen molar-refractivity contribution in [2.75, 3.05) is 0 Å². The van der Waals surface area contributed by atoms with Crippen molar-refractivity contribution in [1.29, 1.82) is 0 Å². The fourth-order valence-electron chi connectivity index (χ4n) is 10.6. The van der Waals surface area contributed by atoms with Crippen LogP contribution in [0.2, 0.25) is 0 Å². The zero-order chi connectivity index (χ0) is 39.4. The van der Waals surface area contributed by atoms with Gasteiger partial charge in [0.2, 0.25) is 0 Å². The van der Waals surface area contributed by atoms with Crippen molar-refractivity contribution in [3.05, 3.63) is 235 Å². The van der Waals surface area contributed by atoms with Crippen LogP contribution in [0.15, 0.2) is 212 Å². The van der Waals surface area contributed by atoms with E-state index >= 15 is 0 Å². The zero-order valence-electron chi connectivity index (χ0n) is 32.5. The maximum atomic E-state index is 5.56. The van der Waals surface area contributed by atoms with E-state index in [9.17, 15) is 0 Å². The van der Waals surface area contributed by atoms with E-state index in [0.717, 1.165) is 61.4 Å². The number of hydrogen-bond acceptors (Lipinski definition) is 2.